The number of rotatable bonds is 7. The number of carbonyl (C=O) groups is 3. The summed E-state index contributed by atoms with van der Waals surface area (Å²) in [6, 6.07) is 11.0. The number of hydrogen-bond acceptors (Lipinski definition) is 6. The van der Waals surface area contributed by atoms with Crippen molar-refractivity contribution in [2.45, 2.75) is 20.3 Å². The second kappa shape index (κ2) is 8.66. The van der Waals surface area contributed by atoms with E-state index in [1.54, 1.807) is 19.1 Å². The molecule has 1 amide bonds. The van der Waals surface area contributed by atoms with Gasteiger partial charge in [0.1, 0.15) is 11.5 Å². The highest BCUT2D eigenvalue weighted by Crippen LogP contribution is 2.22. The number of nitrogens with one attached hydrogen (secondary N) is 1. The molecule has 2 aromatic rings. The van der Waals surface area contributed by atoms with E-state index in [0.717, 1.165) is 11.6 Å². The molecule has 0 heterocycles. The van der Waals surface area contributed by atoms with Crippen molar-refractivity contribution in [3.8, 4) is 11.5 Å². The van der Waals surface area contributed by atoms with Crippen LogP contribution in [0.1, 0.15) is 29.3 Å². The maximum absolute atomic E-state index is 12.0. The summed E-state index contributed by atoms with van der Waals surface area (Å²) >= 11 is 0. The molecule has 0 radical (unpaired) electrons. The van der Waals surface area contributed by atoms with Crippen LogP contribution in [0.25, 0.3) is 0 Å². The minimum atomic E-state index is -1.51. The third-order valence-corrected chi connectivity index (χ3v) is 3.46. The van der Waals surface area contributed by atoms with Gasteiger partial charge < -0.3 is 24.7 Å². The van der Waals surface area contributed by atoms with E-state index in [9.17, 15) is 19.5 Å². The van der Waals surface area contributed by atoms with Crippen molar-refractivity contribution >= 4 is 23.5 Å². The van der Waals surface area contributed by atoms with Gasteiger partial charge in [0.05, 0.1) is 11.7 Å². The third-order valence-electron chi connectivity index (χ3n) is 3.46. The number of hydrogen-bond donors (Lipinski definition) is 1. The Hall–Kier alpha value is -3.35. The third kappa shape index (κ3) is 5.07. The maximum Gasteiger partial charge on any atom is 0.310 e. The summed E-state index contributed by atoms with van der Waals surface area (Å²) in [4.78, 5) is 34.6. The predicted octanol–water partition coefficient (Wildman–Crippen LogP) is 1.69. The van der Waals surface area contributed by atoms with Gasteiger partial charge in [-0.1, -0.05) is 25.1 Å². The average Bonchev–Trinajstić information content (AvgIpc) is 2.62. The first kappa shape index (κ1) is 19.0. The number of aryl methyl sites for hydroxylation is 1. The molecule has 0 fully saturated rings. The number of aromatic carboxylic acids is 1. The Morgan fingerprint density at radius 1 is 1.12 bits per heavy atom. The summed E-state index contributed by atoms with van der Waals surface area (Å²) < 4.78 is 10.4. The Morgan fingerprint density at radius 3 is 2.50 bits per heavy atom. The smallest absolute Gasteiger partial charge is 0.310 e. The van der Waals surface area contributed by atoms with E-state index in [-0.39, 0.29) is 30.0 Å². The Balaban J connectivity index is 2.07. The summed E-state index contributed by atoms with van der Waals surface area (Å²) in [5, 5.41) is 13.8. The molecule has 0 saturated carbocycles. The Morgan fingerprint density at radius 2 is 1.85 bits per heavy atom. The van der Waals surface area contributed by atoms with Gasteiger partial charge in [-0.05, 0) is 36.8 Å². The molecule has 0 spiro atoms. The van der Waals surface area contributed by atoms with E-state index in [4.69, 9.17) is 9.47 Å². The van der Waals surface area contributed by atoms with E-state index < -0.39 is 17.8 Å². The average molecular weight is 356 g/mol. The zero-order valence-electron chi connectivity index (χ0n) is 14.4. The second-order valence-corrected chi connectivity index (χ2v) is 5.42. The summed E-state index contributed by atoms with van der Waals surface area (Å²) in [5.41, 5.74) is 0.605. The molecule has 0 atom stereocenters. The van der Waals surface area contributed by atoms with Crippen molar-refractivity contribution in [2.75, 3.05) is 11.9 Å². The normalized spacial score (nSPS) is 10.1. The molecular weight excluding hydrogens is 338 g/mol. The summed E-state index contributed by atoms with van der Waals surface area (Å²) in [7, 11) is 0. The molecule has 0 aromatic heterocycles. The van der Waals surface area contributed by atoms with Crippen LogP contribution in [0.2, 0.25) is 0 Å². The minimum absolute atomic E-state index is 0.0275. The highest BCUT2D eigenvalue weighted by atomic mass is 16.5. The summed E-state index contributed by atoms with van der Waals surface area (Å²) in [6.07, 6.45) is 0.148. The quantitative estimate of drug-likeness (QED) is 0.598. The highest BCUT2D eigenvalue weighted by Gasteiger charge is 2.12. The van der Waals surface area contributed by atoms with Crippen LogP contribution in [0.3, 0.4) is 0 Å². The van der Waals surface area contributed by atoms with Crippen LogP contribution in [-0.2, 0) is 9.59 Å². The standard InChI is InChI=1S/C19H19NO6/c1-3-18(22)26-13-8-9-15(14(10-13)19(23)24)20-17(21)11-25-16-7-5-4-6-12(16)2/h4-10H,3,11H2,1-2H3,(H,20,21)(H,23,24)/p-1. The number of carboxylic acids is 1. The Bertz CT molecular complexity index is 831. The van der Waals surface area contributed by atoms with Gasteiger partial charge in [-0.3, -0.25) is 9.59 Å². The van der Waals surface area contributed by atoms with E-state index >= 15 is 0 Å². The number of para-hydroxylation sites is 1. The monoisotopic (exact) mass is 356 g/mol. The van der Waals surface area contributed by atoms with Gasteiger partial charge in [-0.25, -0.2) is 0 Å². The fourth-order valence-electron chi connectivity index (χ4n) is 2.12. The first-order chi connectivity index (χ1) is 12.4. The first-order valence-electron chi connectivity index (χ1n) is 7.95. The molecule has 0 aliphatic rings. The molecule has 0 aliphatic carbocycles. The number of amides is 1. The lowest BCUT2D eigenvalue weighted by atomic mass is 10.1. The molecular formula is C19H18NO6-. The van der Waals surface area contributed by atoms with Gasteiger partial charge in [0.25, 0.3) is 5.91 Å². The lowest BCUT2D eigenvalue weighted by Crippen LogP contribution is -2.26. The second-order valence-electron chi connectivity index (χ2n) is 5.42. The number of anilines is 1. The number of carbonyl (C=O) groups excluding carboxylic acids is 3. The van der Waals surface area contributed by atoms with Crippen molar-refractivity contribution in [1.29, 1.82) is 0 Å². The molecule has 26 heavy (non-hydrogen) atoms. The molecule has 2 rings (SSSR count). The number of benzene rings is 2. The van der Waals surface area contributed by atoms with E-state index in [1.807, 2.05) is 19.1 Å². The van der Waals surface area contributed by atoms with Gasteiger partial charge >= 0.3 is 5.97 Å². The molecule has 0 unspecified atom stereocenters. The van der Waals surface area contributed by atoms with Crippen molar-refractivity contribution in [1.82, 2.24) is 0 Å². The predicted molar refractivity (Wildman–Crippen MR) is 92.0 cm³/mol. The maximum atomic E-state index is 12.0. The lowest BCUT2D eigenvalue weighted by Gasteiger charge is -2.14. The van der Waals surface area contributed by atoms with Crippen molar-refractivity contribution in [3.63, 3.8) is 0 Å². The Labute approximate surface area is 150 Å². The fraction of sp³-hybridized carbons (Fsp3) is 0.211. The highest BCUT2D eigenvalue weighted by molar-refractivity contribution is 6.00. The lowest BCUT2D eigenvalue weighted by molar-refractivity contribution is -0.254. The molecule has 7 heteroatoms. The zero-order valence-corrected chi connectivity index (χ0v) is 14.4. The van der Waals surface area contributed by atoms with Gasteiger partial charge in [0.2, 0.25) is 0 Å². The molecule has 136 valence electrons. The van der Waals surface area contributed by atoms with E-state index in [1.165, 1.54) is 12.1 Å². The van der Waals surface area contributed by atoms with E-state index in [0.29, 0.717) is 5.75 Å². The van der Waals surface area contributed by atoms with Crippen LogP contribution in [-0.4, -0.2) is 24.5 Å². The summed E-state index contributed by atoms with van der Waals surface area (Å²) in [5.74, 6) is -1.92. The number of carboxylic acid groups (broad SMARTS) is 1. The number of ether oxygens (including phenoxy) is 2. The van der Waals surface area contributed by atoms with Crippen LogP contribution in [0, 0.1) is 6.92 Å². The van der Waals surface area contributed by atoms with Gasteiger partial charge in [-0.2, -0.15) is 0 Å². The van der Waals surface area contributed by atoms with Crippen LogP contribution < -0.4 is 19.9 Å². The molecule has 2 aromatic carbocycles. The summed E-state index contributed by atoms with van der Waals surface area (Å²) in [6.45, 7) is 3.17. The molecule has 0 saturated heterocycles. The topological polar surface area (TPSA) is 105 Å². The van der Waals surface area contributed by atoms with Crippen LogP contribution in [0.15, 0.2) is 42.5 Å². The van der Waals surface area contributed by atoms with Crippen LogP contribution in [0.4, 0.5) is 5.69 Å². The number of esters is 1. The fourth-order valence-corrected chi connectivity index (χ4v) is 2.12. The van der Waals surface area contributed by atoms with E-state index in [2.05, 4.69) is 5.32 Å². The minimum Gasteiger partial charge on any atom is -0.545 e. The molecule has 1 N–H and O–H groups in total. The zero-order chi connectivity index (χ0) is 19.1. The van der Waals surface area contributed by atoms with Gasteiger partial charge in [0.15, 0.2) is 6.61 Å². The van der Waals surface area contributed by atoms with Crippen molar-refractivity contribution in [3.05, 3.63) is 53.6 Å². The molecule has 7 nitrogen and oxygen atoms in total. The SMILES string of the molecule is CCC(=O)Oc1ccc(NC(=O)COc2ccccc2C)c(C(=O)[O-])c1. The van der Waals surface area contributed by atoms with Crippen molar-refractivity contribution < 1.29 is 29.0 Å². The van der Waals surface area contributed by atoms with Crippen molar-refractivity contribution in [2.24, 2.45) is 0 Å². The van der Waals surface area contributed by atoms with Gasteiger partial charge in [0, 0.05) is 12.0 Å². The van der Waals surface area contributed by atoms with Gasteiger partial charge in [-0.15, -0.1) is 0 Å². The van der Waals surface area contributed by atoms with Crippen LogP contribution in [0.5, 0.6) is 11.5 Å². The molecule has 0 bridgehead atoms. The first-order valence-corrected chi connectivity index (χ1v) is 7.95. The largest absolute Gasteiger partial charge is 0.545 e. The molecule has 0 aliphatic heterocycles. The Kier molecular flexibility index (Phi) is 6.32. The van der Waals surface area contributed by atoms with Crippen LogP contribution >= 0.6 is 0 Å².